The first kappa shape index (κ1) is 8.90. The Labute approximate surface area is 91.9 Å². The van der Waals surface area contributed by atoms with Crippen molar-refractivity contribution >= 4 is 31.9 Å². The van der Waals surface area contributed by atoms with Crippen LogP contribution in [-0.4, -0.2) is 15.0 Å². The minimum atomic E-state index is 0.770. The van der Waals surface area contributed by atoms with Crippen LogP contribution < -0.4 is 0 Å². The standard InChI is InChI=1S/C8H5Br2N3/c9-6-7(10)13-8(12-6)5-2-1-3-11-4-5/h1-4H,(H,12,13). The van der Waals surface area contributed by atoms with E-state index in [1.54, 1.807) is 12.4 Å². The van der Waals surface area contributed by atoms with E-state index in [0.717, 1.165) is 20.6 Å². The highest BCUT2D eigenvalue weighted by atomic mass is 79.9. The molecule has 66 valence electrons. The SMILES string of the molecule is Brc1nc(-c2cccnc2)[nH]c1Br. The van der Waals surface area contributed by atoms with Crippen molar-refractivity contribution in [3.63, 3.8) is 0 Å². The van der Waals surface area contributed by atoms with E-state index < -0.39 is 0 Å². The minimum Gasteiger partial charge on any atom is -0.332 e. The fourth-order valence-electron chi connectivity index (χ4n) is 0.970. The number of imidazole rings is 1. The van der Waals surface area contributed by atoms with Crippen LogP contribution in [0.1, 0.15) is 0 Å². The van der Waals surface area contributed by atoms with Crippen LogP contribution in [0, 0.1) is 0 Å². The number of rotatable bonds is 1. The van der Waals surface area contributed by atoms with E-state index in [-0.39, 0.29) is 0 Å². The molecule has 3 nitrogen and oxygen atoms in total. The Bertz CT molecular complexity index is 391. The molecule has 0 aliphatic rings. The van der Waals surface area contributed by atoms with E-state index >= 15 is 0 Å². The number of H-pyrrole nitrogens is 1. The van der Waals surface area contributed by atoms with Gasteiger partial charge in [0.2, 0.25) is 0 Å². The summed E-state index contributed by atoms with van der Waals surface area (Å²) in [6.07, 6.45) is 3.49. The normalized spacial score (nSPS) is 10.3. The number of hydrogen-bond acceptors (Lipinski definition) is 2. The molecule has 0 fully saturated rings. The molecular formula is C8H5Br2N3. The molecule has 0 aliphatic carbocycles. The molecule has 0 amide bonds. The maximum atomic E-state index is 4.25. The molecule has 0 saturated heterocycles. The highest BCUT2D eigenvalue weighted by Crippen LogP contribution is 2.24. The molecule has 2 heterocycles. The van der Waals surface area contributed by atoms with Gasteiger partial charge < -0.3 is 4.98 Å². The number of halogens is 2. The lowest BCUT2D eigenvalue weighted by atomic mass is 10.3. The zero-order valence-corrected chi connectivity index (χ0v) is 9.63. The van der Waals surface area contributed by atoms with Crippen molar-refractivity contribution < 1.29 is 0 Å². The Morgan fingerprint density at radius 2 is 2.15 bits per heavy atom. The van der Waals surface area contributed by atoms with Crippen molar-refractivity contribution in [2.24, 2.45) is 0 Å². The highest BCUT2D eigenvalue weighted by molar-refractivity contribution is 9.13. The van der Waals surface area contributed by atoms with E-state index in [2.05, 4.69) is 46.8 Å². The molecule has 0 saturated carbocycles. The lowest BCUT2D eigenvalue weighted by Crippen LogP contribution is -1.80. The average Bonchev–Trinajstić information content (AvgIpc) is 2.49. The Kier molecular flexibility index (Phi) is 2.46. The van der Waals surface area contributed by atoms with Crippen LogP contribution in [0.5, 0.6) is 0 Å². The summed E-state index contributed by atoms with van der Waals surface area (Å²) in [7, 11) is 0. The summed E-state index contributed by atoms with van der Waals surface area (Å²) in [4.78, 5) is 11.3. The number of aromatic nitrogens is 3. The van der Waals surface area contributed by atoms with E-state index in [9.17, 15) is 0 Å². The second-order valence-corrected chi connectivity index (χ2v) is 3.98. The van der Waals surface area contributed by atoms with Gasteiger partial charge in [-0.15, -0.1) is 0 Å². The summed E-state index contributed by atoms with van der Waals surface area (Å²) in [5.41, 5.74) is 0.967. The molecule has 13 heavy (non-hydrogen) atoms. The van der Waals surface area contributed by atoms with Gasteiger partial charge in [0.05, 0.1) is 0 Å². The number of nitrogens with zero attached hydrogens (tertiary/aromatic N) is 2. The third-order valence-corrected chi connectivity index (χ3v) is 3.23. The second-order valence-electron chi connectivity index (χ2n) is 2.43. The monoisotopic (exact) mass is 301 g/mol. The van der Waals surface area contributed by atoms with E-state index in [4.69, 9.17) is 0 Å². The van der Waals surface area contributed by atoms with Gasteiger partial charge in [-0.25, -0.2) is 4.98 Å². The minimum absolute atomic E-state index is 0.770. The first-order valence-corrected chi connectivity index (χ1v) is 5.17. The van der Waals surface area contributed by atoms with Crippen molar-refractivity contribution in [2.75, 3.05) is 0 Å². The van der Waals surface area contributed by atoms with Gasteiger partial charge in [-0.2, -0.15) is 0 Å². The third kappa shape index (κ3) is 1.81. The lowest BCUT2D eigenvalue weighted by molar-refractivity contribution is 1.25. The Hall–Kier alpha value is -0.680. The molecule has 0 bridgehead atoms. The fraction of sp³-hybridized carbons (Fsp3) is 0. The second kappa shape index (κ2) is 3.59. The van der Waals surface area contributed by atoms with Gasteiger partial charge in [0.25, 0.3) is 0 Å². The smallest absolute Gasteiger partial charge is 0.141 e. The van der Waals surface area contributed by atoms with Crippen LogP contribution >= 0.6 is 31.9 Å². The Morgan fingerprint density at radius 3 is 2.69 bits per heavy atom. The largest absolute Gasteiger partial charge is 0.332 e. The Morgan fingerprint density at radius 1 is 1.31 bits per heavy atom. The van der Waals surface area contributed by atoms with Gasteiger partial charge in [-0.3, -0.25) is 4.98 Å². The quantitative estimate of drug-likeness (QED) is 0.880. The first-order valence-electron chi connectivity index (χ1n) is 3.59. The molecule has 0 radical (unpaired) electrons. The van der Waals surface area contributed by atoms with Crippen molar-refractivity contribution in [3.05, 3.63) is 33.7 Å². The molecule has 0 spiro atoms. The highest BCUT2D eigenvalue weighted by Gasteiger charge is 2.06. The van der Waals surface area contributed by atoms with Gasteiger partial charge in [0.1, 0.15) is 15.0 Å². The number of pyridine rings is 1. The molecule has 0 aromatic carbocycles. The van der Waals surface area contributed by atoms with Crippen molar-refractivity contribution in [3.8, 4) is 11.4 Å². The van der Waals surface area contributed by atoms with Crippen LogP contribution in [0.3, 0.4) is 0 Å². The van der Waals surface area contributed by atoms with Gasteiger partial charge in [0, 0.05) is 18.0 Å². The zero-order valence-electron chi connectivity index (χ0n) is 6.46. The molecule has 2 aromatic rings. The summed E-state index contributed by atoms with van der Waals surface area (Å²) in [5, 5.41) is 0. The predicted octanol–water partition coefficient (Wildman–Crippen LogP) is 3.00. The van der Waals surface area contributed by atoms with Gasteiger partial charge in [-0.05, 0) is 44.0 Å². The van der Waals surface area contributed by atoms with E-state index in [1.807, 2.05) is 12.1 Å². The molecular weight excluding hydrogens is 298 g/mol. The predicted molar refractivity (Wildman–Crippen MR) is 57.2 cm³/mol. The lowest BCUT2D eigenvalue weighted by Gasteiger charge is -1.92. The topological polar surface area (TPSA) is 41.6 Å². The van der Waals surface area contributed by atoms with Gasteiger partial charge >= 0.3 is 0 Å². The summed E-state index contributed by atoms with van der Waals surface area (Å²) < 4.78 is 1.61. The van der Waals surface area contributed by atoms with Gasteiger partial charge in [-0.1, -0.05) is 0 Å². The zero-order chi connectivity index (χ0) is 9.26. The molecule has 0 aliphatic heterocycles. The van der Waals surface area contributed by atoms with Crippen molar-refractivity contribution in [2.45, 2.75) is 0 Å². The molecule has 0 atom stereocenters. The number of nitrogens with one attached hydrogen (secondary N) is 1. The molecule has 0 unspecified atom stereocenters. The van der Waals surface area contributed by atoms with Crippen LogP contribution in [-0.2, 0) is 0 Å². The summed E-state index contributed by atoms with van der Waals surface area (Å²) in [5.74, 6) is 0.798. The van der Waals surface area contributed by atoms with Crippen molar-refractivity contribution in [1.82, 2.24) is 15.0 Å². The van der Waals surface area contributed by atoms with Crippen LogP contribution in [0.4, 0.5) is 0 Å². The number of aromatic amines is 1. The van der Waals surface area contributed by atoms with E-state index in [0.29, 0.717) is 0 Å². The molecule has 1 N–H and O–H groups in total. The van der Waals surface area contributed by atoms with E-state index in [1.165, 1.54) is 0 Å². The summed E-state index contributed by atoms with van der Waals surface area (Å²) in [6, 6.07) is 3.82. The maximum Gasteiger partial charge on any atom is 0.141 e. The van der Waals surface area contributed by atoms with Crippen molar-refractivity contribution in [1.29, 1.82) is 0 Å². The van der Waals surface area contributed by atoms with Crippen LogP contribution in [0.25, 0.3) is 11.4 Å². The number of hydrogen-bond donors (Lipinski definition) is 1. The van der Waals surface area contributed by atoms with Gasteiger partial charge in [0.15, 0.2) is 0 Å². The van der Waals surface area contributed by atoms with Crippen LogP contribution in [0.15, 0.2) is 33.7 Å². The summed E-state index contributed by atoms with van der Waals surface area (Å²) >= 11 is 6.63. The molecule has 2 rings (SSSR count). The Balaban J connectivity index is 2.48. The van der Waals surface area contributed by atoms with Crippen LogP contribution in [0.2, 0.25) is 0 Å². The molecule has 2 aromatic heterocycles. The summed E-state index contributed by atoms with van der Waals surface area (Å²) in [6.45, 7) is 0. The maximum absolute atomic E-state index is 4.25. The average molecular weight is 303 g/mol. The third-order valence-electron chi connectivity index (χ3n) is 1.55. The molecule has 5 heteroatoms. The fourth-order valence-corrected chi connectivity index (χ4v) is 1.52. The first-order chi connectivity index (χ1) is 6.27.